The lowest BCUT2D eigenvalue weighted by molar-refractivity contribution is -0.384. The first kappa shape index (κ1) is 18.6. The number of carbonyl (C=O) groups is 1. The molecule has 0 fully saturated rings. The molecule has 0 heterocycles. The Hall–Kier alpha value is -1.76. The van der Waals surface area contributed by atoms with Crippen LogP contribution in [0.15, 0.2) is 42.5 Å². The van der Waals surface area contributed by atoms with Gasteiger partial charge < -0.3 is 5.32 Å². The summed E-state index contributed by atoms with van der Waals surface area (Å²) in [6.45, 7) is 1.90. The van der Waals surface area contributed by atoms with Crippen molar-refractivity contribution in [3.05, 3.63) is 68.2 Å². The Labute approximate surface area is 153 Å². The van der Waals surface area contributed by atoms with E-state index in [2.05, 4.69) is 5.32 Å². The van der Waals surface area contributed by atoms with Crippen molar-refractivity contribution >= 4 is 52.2 Å². The number of hydrogen-bond donors (Lipinski definition) is 1. The average Bonchev–Trinajstić information content (AvgIpc) is 2.55. The molecule has 0 unspecified atom stereocenters. The molecule has 126 valence electrons. The summed E-state index contributed by atoms with van der Waals surface area (Å²) in [6, 6.07) is 11.2. The molecule has 8 heteroatoms. The number of nitrogens with zero attached hydrogens (tertiary/aromatic N) is 1. The smallest absolute Gasteiger partial charge is 0.269 e. The predicted molar refractivity (Wildman–Crippen MR) is 99.1 cm³/mol. The van der Waals surface area contributed by atoms with Crippen molar-refractivity contribution in [3.8, 4) is 0 Å². The van der Waals surface area contributed by atoms with Crippen LogP contribution in [0.5, 0.6) is 0 Å². The third-order valence-corrected chi connectivity index (χ3v) is 4.97. The van der Waals surface area contributed by atoms with Gasteiger partial charge in [-0.3, -0.25) is 14.9 Å². The fourth-order valence-corrected chi connectivity index (χ4v) is 3.23. The SMILES string of the molecule is C[C@H](SCC(=O)Nc1ccc(Cl)cc1Cl)c1cccc([N+](=O)[O-])c1. The summed E-state index contributed by atoms with van der Waals surface area (Å²) in [5.41, 5.74) is 1.33. The van der Waals surface area contributed by atoms with Gasteiger partial charge in [-0.15, -0.1) is 11.8 Å². The minimum absolute atomic E-state index is 0.0392. The van der Waals surface area contributed by atoms with E-state index in [1.54, 1.807) is 30.3 Å². The molecule has 0 saturated heterocycles. The van der Waals surface area contributed by atoms with E-state index in [9.17, 15) is 14.9 Å². The molecule has 2 rings (SSSR count). The van der Waals surface area contributed by atoms with Crippen molar-refractivity contribution in [2.24, 2.45) is 0 Å². The highest BCUT2D eigenvalue weighted by Crippen LogP contribution is 2.31. The predicted octanol–water partition coefficient (Wildman–Crippen LogP) is 5.33. The van der Waals surface area contributed by atoms with Crippen LogP contribution in [0.3, 0.4) is 0 Å². The van der Waals surface area contributed by atoms with E-state index in [0.29, 0.717) is 15.7 Å². The van der Waals surface area contributed by atoms with Gasteiger partial charge in [0.05, 0.1) is 21.4 Å². The number of carbonyl (C=O) groups excluding carboxylic acids is 1. The van der Waals surface area contributed by atoms with Crippen LogP contribution < -0.4 is 5.32 Å². The zero-order valence-corrected chi connectivity index (χ0v) is 15.0. The molecular formula is C16H14Cl2N2O3S. The molecule has 5 nitrogen and oxygen atoms in total. The molecule has 0 aromatic heterocycles. The number of nitrogens with one attached hydrogen (secondary N) is 1. The summed E-state index contributed by atoms with van der Waals surface area (Å²) < 4.78 is 0. The third kappa shape index (κ3) is 5.12. The van der Waals surface area contributed by atoms with Gasteiger partial charge in [0.25, 0.3) is 5.69 Å². The molecule has 0 spiro atoms. The maximum Gasteiger partial charge on any atom is 0.269 e. The number of amides is 1. The maximum absolute atomic E-state index is 12.0. The first-order valence-electron chi connectivity index (χ1n) is 6.97. The number of thioether (sulfide) groups is 1. The van der Waals surface area contributed by atoms with Crippen LogP contribution in [0.2, 0.25) is 10.0 Å². The van der Waals surface area contributed by atoms with Gasteiger partial charge in [-0.25, -0.2) is 0 Å². The third-order valence-electron chi connectivity index (χ3n) is 3.22. The van der Waals surface area contributed by atoms with Gasteiger partial charge in [-0.05, 0) is 30.7 Å². The van der Waals surface area contributed by atoms with Gasteiger partial charge in [0, 0.05) is 22.4 Å². The lowest BCUT2D eigenvalue weighted by Crippen LogP contribution is -2.15. The van der Waals surface area contributed by atoms with Gasteiger partial charge in [0.15, 0.2) is 0 Å². The lowest BCUT2D eigenvalue weighted by atomic mass is 10.1. The van der Waals surface area contributed by atoms with Crippen LogP contribution in [0.4, 0.5) is 11.4 Å². The van der Waals surface area contributed by atoms with Gasteiger partial charge in [0.2, 0.25) is 5.91 Å². The van der Waals surface area contributed by atoms with Crippen molar-refractivity contribution in [1.82, 2.24) is 0 Å². The first-order chi connectivity index (χ1) is 11.4. The summed E-state index contributed by atoms with van der Waals surface area (Å²) in [5.74, 6) is -0.00971. The Morgan fingerprint density at radius 1 is 1.29 bits per heavy atom. The minimum Gasteiger partial charge on any atom is -0.324 e. The molecule has 0 aliphatic rings. The molecule has 0 aliphatic carbocycles. The van der Waals surface area contributed by atoms with Crippen molar-refractivity contribution in [1.29, 1.82) is 0 Å². The van der Waals surface area contributed by atoms with Crippen LogP contribution in [-0.4, -0.2) is 16.6 Å². The molecule has 2 aromatic carbocycles. The highest BCUT2D eigenvalue weighted by atomic mass is 35.5. The second-order valence-corrected chi connectivity index (χ2v) is 7.15. The normalized spacial score (nSPS) is 11.8. The van der Waals surface area contributed by atoms with Crippen molar-refractivity contribution in [3.63, 3.8) is 0 Å². The summed E-state index contributed by atoms with van der Waals surface area (Å²) in [6.07, 6.45) is 0. The molecule has 0 radical (unpaired) electrons. The molecule has 0 saturated carbocycles. The van der Waals surface area contributed by atoms with Crippen molar-refractivity contribution in [2.75, 3.05) is 11.1 Å². The van der Waals surface area contributed by atoms with Gasteiger partial charge in [0.1, 0.15) is 0 Å². The second-order valence-electron chi connectivity index (χ2n) is 4.98. The Bertz CT molecular complexity index is 771. The molecule has 0 bridgehead atoms. The number of rotatable bonds is 6. The zero-order valence-electron chi connectivity index (χ0n) is 12.7. The number of hydrogen-bond acceptors (Lipinski definition) is 4. The Morgan fingerprint density at radius 3 is 2.71 bits per heavy atom. The van der Waals surface area contributed by atoms with Crippen molar-refractivity contribution < 1.29 is 9.72 Å². The quantitative estimate of drug-likeness (QED) is 0.539. The van der Waals surface area contributed by atoms with Crippen LogP contribution in [0, 0.1) is 10.1 Å². The summed E-state index contributed by atoms with van der Waals surface area (Å²) in [4.78, 5) is 22.4. The largest absolute Gasteiger partial charge is 0.324 e. The first-order valence-corrected chi connectivity index (χ1v) is 8.78. The van der Waals surface area contributed by atoms with E-state index in [1.165, 1.54) is 23.9 Å². The monoisotopic (exact) mass is 384 g/mol. The number of halogens is 2. The number of nitro benzene ring substituents is 1. The molecule has 1 atom stereocenters. The molecule has 1 amide bonds. The topological polar surface area (TPSA) is 72.2 Å². The second kappa shape index (κ2) is 8.37. The Kier molecular flexibility index (Phi) is 6.48. The van der Waals surface area contributed by atoms with Gasteiger partial charge in [-0.1, -0.05) is 35.3 Å². The van der Waals surface area contributed by atoms with Crippen molar-refractivity contribution in [2.45, 2.75) is 12.2 Å². The number of anilines is 1. The van der Waals surface area contributed by atoms with E-state index < -0.39 is 4.92 Å². The highest BCUT2D eigenvalue weighted by Gasteiger charge is 2.14. The summed E-state index contributed by atoms with van der Waals surface area (Å²) >= 11 is 13.2. The van der Waals surface area contributed by atoms with Gasteiger partial charge >= 0.3 is 0 Å². The Morgan fingerprint density at radius 2 is 2.04 bits per heavy atom. The van der Waals surface area contributed by atoms with E-state index in [1.807, 2.05) is 6.92 Å². The van der Waals surface area contributed by atoms with E-state index >= 15 is 0 Å². The average molecular weight is 385 g/mol. The summed E-state index contributed by atoms with van der Waals surface area (Å²) in [5, 5.41) is 14.3. The standard InChI is InChI=1S/C16H14Cl2N2O3S/c1-10(11-3-2-4-13(7-11)20(22)23)24-9-16(21)19-15-6-5-12(17)8-14(15)18/h2-8,10H,9H2,1H3,(H,19,21)/t10-/m0/s1. The molecule has 2 aromatic rings. The molecule has 24 heavy (non-hydrogen) atoms. The minimum atomic E-state index is -0.434. The maximum atomic E-state index is 12.0. The van der Waals surface area contributed by atoms with Gasteiger partial charge in [-0.2, -0.15) is 0 Å². The fraction of sp³-hybridized carbons (Fsp3) is 0.188. The van der Waals surface area contributed by atoms with Crippen LogP contribution >= 0.6 is 35.0 Å². The molecule has 0 aliphatic heterocycles. The zero-order chi connectivity index (χ0) is 17.7. The lowest BCUT2D eigenvalue weighted by Gasteiger charge is -2.12. The Balaban J connectivity index is 1.93. The number of nitro groups is 1. The van der Waals surface area contributed by atoms with E-state index in [0.717, 1.165) is 5.56 Å². The summed E-state index contributed by atoms with van der Waals surface area (Å²) in [7, 11) is 0. The number of non-ortho nitro benzene ring substituents is 1. The van der Waals surface area contributed by atoms with Crippen LogP contribution in [0.25, 0.3) is 0 Å². The van der Waals surface area contributed by atoms with Crippen LogP contribution in [-0.2, 0) is 4.79 Å². The molecule has 1 N–H and O–H groups in total. The number of benzene rings is 2. The fourth-order valence-electron chi connectivity index (χ4n) is 1.97. The molecular weight excluding hydrogens is 371 g/mol. The highest BCUT2D eigenvalue weighted by molar-refractivity contribution is 8.00. The van der Waals surface area contributed by atoms with E-state index in [4.69, 9.17) is 23.2 Å². The van der Waals surface area contributed by atoms with E-state index in [-0.39, 0.29) is 22.6 Å². The van der Waals surface area contributed by atoms with Crippen LogP contribution in [0.1, 0.15) is 17.7 Å².